The molecule has 19 heavy (non-hydrogen) atoms. The Kier molecular flexibility index (Phi) is 3.79. The third kappa shape index (κ3) is 3.08. The smallest absolute Gasteiger partial charge is 0.170 e. The first kappa shape index (κ1) is 13.5. The van der Waals surface area contributed by atoms with Gasteiger partial charge >= 0.3 is 0 Å². The number of carbonyl (C=O) groups excluding carboxylic acids is 1. The number of ketones is 1. The maximum atomic E-state index is 13.9. The molecular formula is C17H17FO. The van der Waals surface area contributed by atoms with Gasteiger partial charge in [-0.2, -0.15) is 0 Å². The van der Waals surface area contributed by atoms with Crippen molar-refractivity contribution in [3.05, 3.63) is 70.0 Å². The van der Waals surface area contributed by atoms with Crippen molar-refractivity contribution in [1.29, 1.82) is 0 Å². The second-order valence-electron chi connectivity index (χ2n) is 5.03. The molecule has 0 fully saturated rings. The summed E-state index contributed by atoms with van der Waals surface area (Å²) in [5.74, 6) is -0.587. The SMILES string of the molecule is Cc1cccc(CC(=O)c2c(C)cc(C)cc2F)c1. The van der Waals surface area contributed by atoms with Crippen molar-refractivity contribution >= 4 is 5.78 Å². The van der Waals surface area contributed by atoms with Gasteiger partial charge in [-0.1, -0.05) is 35.9 Å². The quantitative estimate of drug-likeness (QED) is 0.753. The third-order valence-corrected chi connectivity index (χ3v) is 3.16. The van der Waals surface area contributed by atoms with Gasteiger partial charge in [0.1, 0.15) is 5.82 Å². The van der Waals surface area contributed by atoms with E-state index in [4.69, 9.17) is 0 Å². The van der Waals surface area contributed by atoms with Crippen molar-refractivity contribution in [2.75, 3.05) is 0 Å². The van der Waals surface area contributed by atoms with Gasteiger partial charge in [0.05, 0.1) is 5.56 Å². The van der Waals surface area contributed by atoms with E-state index in [-0.39, 0.29) is 17.8 Å². The van der Waals surface area contributed by atoms with Gasteiger partial charge in [-0.3, -0.25) is 4.79 Å². The number of Topliss-reactive ketones (excluding diaryl/α,β-unsaturated/α-hetero) is 1. The summed E-state index contributed by atoms with van der Waals surface area (Å²) in [4.78, 5) is 12.2. The van der Waals surface area contributed by atoms with Crippen LogP contribution >= 0.6 is 0 Å². The predicted octanol–water partition coefficient (Wildman–Crippen LogP) is 4.18. The van der Waals surface area contributed by atoms with Gasteiger partial charge in [-0.05, 0) is 43.5 Å². The molecular weight excluding hydrogens is 239 g/mol. The van der Waals surface area contributed by atoms with Crippen molar-refractivity contribution in [3.8, 4) is 0 Å². The van der Waals surface area contributed by atoms with E-state index in [1.54, 1.807) is 6.92 Å². The van der Waals surface area contributed by atoms with E-state index in [0.29, 0.717) is 5.56 Å². The summed E-state index contributed by atoms with van der Waals surface area (Å²) >= 11 is 0. The maximum absolute atomic E-state index is 13.9. The van der Waals surface area contributed by atoms with Crippen LogP contribution in [-0.2, 0) is 6.42 Å². The van der Waals surface area contributed by atoms with E-state index >= 15 is 0 Å². The normalized spacial score (nSPS) is 10.5. The van der Waals surface area contributed by atoms with Crippen molar-refractivity contribution in [1.82, 2.24) is 0 Å². The second-order valence-corrected chi connectivity index (χ2v) is 5.03. The number of hydrogen-bond acceptors (Lipinski definition) is 1. The zero-order chi connectivity index (χ0) is 14.0. The summed E-state index contributed by atoms with van der Waals surface area (Å²) in [7, 11) is 0. The molecule has 0 heterocycles. The van der Waals surface area contributed by atoms with Crippen LogP contribution in [0.3, 0.4) is 0 Å². The minimum atomic E-state index is -0.421. The monoisotopic (exact) mass is 256 g/mol. The van der Waals surface area contributed by atoms with Crippen molar-refractivity contribution < 1.29 is 9.18 Å². The fourth-order valence-corrected chi connectivity index (χ4v) is 2.36. The van der Waals surface area contributed by atoms with E-state index in [0.717, 1.165) is 16.7 Å². The number of halogens is 1. The molecule has 2 aromatic rings. The minimum absolute atomic E-state index is 0.166. The lowest BCUT2D eigenvalue weighted by atomic mass is 9.96. The van der Waals surface area contributed by atoms with E-state index in [2.05, 4.69) is 0 Å². The second kappa shape index (κ2) is 5.35. The lowest BCUT2D eigenvalue weighted by Crippen LogP contribution is -2.09. The molecule has 0 aromatic heterocycles. The van der Waals surface area contributed by atoms with Crippen molar-refractivity contribution in [2.24, 2.45) is 0 Å². The lowest BCUT2D eigenvalue weighted by Gasteiger charge is -2.08. The third-order valence-electron chi connectivity index (χ3n) is 3.16. The Hall–Kier alpha value is -1.96. The molecule has 2 rings (SSSR count). The summed E-state index contributed by atoms with van der Waals surface area (Å²) in [5.41, 5.74) is 3.78. The van der Waals surface area contributed by atoms with Gasteiger partial charge in [0.15, 0.2) is 5.78 Å². The Labute approximate surface area is 113 Å². The average molecular weight is 256 g/mol. The van der Waals surface area contributed by atoms with Crippen LogP contribution in [-0.4, -0.2) is 5.78 Å². The molecule has 0 N–H and O–H groups in total. The van der Waals surface area contributed by atoms with Gasteiger partial charge < -0.3 is 0 Å². The van der Waals surface area contributed by atoms with Crippen LogP contribution in [0.25, 0.3) is 0 Å². The van der Waals surface area contributed by atoms with Crippen LogP contribution < -0.4 is 0 Å². The molecule has 0 aliphatic heterocycles. The molecule has 1 nitrogen and oxygen atoms in total. The van der Waals surface area contributed by atoms with Gasteiger partial charge in [0, 0.05) is 6.42 Å². The van der Waals surface area contributed by atoms with E-state index in [1.165, 1.54) is 6.07 Å². The van der Waals surface area contributed by atoms with E-state index in [9.17, 15) is 9.18 Å². The van der Waals surface area contributed by atoms with Crippen LogP contribution in [0.2, 0.25) is 0 Å². The molecule has 0 saturated carbocycles. The molecule has 0 spiro atoms. The van der Waals surface area contributed by atoms with Crippen LogP contribution in [0.4, 0.5) is 4.39 Å². The lowest BCUT2D eigenvalue weighted by molar-refractivity contribution is 0.0988. The molecule has 0 bridgehead atoms. The fraction of sp³-hybridized carbons (Fsp3) is 0.235. The zero-order valence-corrected chi connectivity index (χ0v) is 11.5. The molecule has 0 atom stereocenters. The molecule has 0 saturated heterocycles. The molecule has 0 amide bonds. The van der Waals surface area contributed by atoms with E-state index in [1.807, 2.05) is 44.2 Å². The number of carbonyl (C=O) groups is 1. The summed E-state index contributed by atoms with van der Waals surface area (Å²) in [5, 5.41) is 0. The predicted molar refractivity (Wildman–Crippen MR) is 75.1 cm³/mol. The number of hydrogen-bond donors (Lipinski definition) is 0. The van der Waals surface area contributed by atoms with Gasteiger partial charge in [0.25, 0.3) is 0 Å². The van der Waals surface area contributed by atoms with Gasteiger partial charge in [-0.15, -0.1) is 0 Å². The molecule has 0 unspecified atom stereocenters. The first-order valence-electron chi connectivity index (χ1n) is 6.33. The Morgan fingerprint density at radius 2 is 1.79 bits per heavy atom. The highest BCUT2D eigenvalue weighted by Gasteiger charge is 2.15. The average Bonchev–Trinajstić information content (AvgIpc) is 2.27. The molecule has 0 radical (unpaired) electrons. The highest BCUT2D eigenvalue weighted by molar-refractivity contribution is 5.99. The standard InChI is InChI=1S/C17H17FO/c1-11-5-4-6-14(8-11)10-16(19)17-13(3)7-12(2)9-15(17)18/h4-9H,10H2,1-3H3. The Morgan fingerprint density at radius 3 is 2.42 bits per heavy atom. The first-order chi connectivity index (χ1) is 8.97. The summed E-state index contributed by atoms with van der Waals surface area (Å²) in [6, 6.07) is 11.0. The number of rotatable bonds is 3. The van der Waals surface area contributed by atoms with Gasteiger partial charge in [0.2, 0.25) is 0 Å². The molecule has 0 aliphatic rings. The van der Waals surface area contributed by atoms with Crippen LogP contribution in [0.15, 0.2) is 36.4 Å². The van der Waals surface area contributed by atoms with Crippen LogP contribution in [0, 0.1) is 26.6 Å². The molecule has 98 valence electrons. The Bertz CT molecular complexity index is 606. The Morgan fingerprint density at radius 1 is 1.05 bits per heavy atom. The molecule has 2 heteroatoms. The molecule has 0 aliphatic carbocycles. The summed E-state index contributed by atoms with van der Waals surface area (Å²) in [6.45, 7) is 5.58. The topological polar surface area (TPSA) is 17.1 Å². The van der Waals surface area contributed by atoms with E-state index < -0.39 is 5.82 Å². The maximum Gasteiger partial charge on any atom is 0.170 e. The van der Waals surface area contributed by atoms with Crippen molar-refractivity contribution in [2.45, 2.75) is 27.2 Å². The zero-order valence-electron chi connectivity index (χ0n) is 11.5. The summed E-state index contributed by atoms with van der Waals surface area (Å²) in [6.07, 6.45) is 0.239. The fourth-order valence-electron chi connectivity index (χ4n) is 2.36. The van der Waals surface area contributed by atoms with Gasteiger partial charge in [-0.25, -0.2) is 4.39 Å². The van der Waals surface area contributed by atoms with Crippen LogP contribution in [0.5, 0.6) is 0 Å². The summed E-state index contributed by atoms with van der Waals surface area (Å²) < 4.78 is 13.9. The number of aryl methyl sites for hydroxylation is 3. The largest absolute Gasteiger partial charge is 0.294 e. The Balaban J connectivity index is 2.31. The van der Waals surface area contributed by atoms with Crippen molar-refractivity contribution in [3.63, 3.8) is 0 Å². The first-order valence-corrected chi connectivity index (χ1v) is 6.33. The number of benzene rings is 2. The highest BCUT2D eigenvalue weighted by atomic mass is 19.1. The molecule has 2 aromatic carbocycles. The highest BCUT2D eigenvalue weighted by Crippen LogP contribution is 2.18. The van der Waals surface area contributed by atoms with Crippen LogP contribution in [0.1, 0.15) is 32.6 Å². The minimum Gasteiger partial charge on any atom is -0.294 e.